The molecule has 6 aromatic carbocycles. The Labute approximate surface area is 326 Å². The van der Waals surface area contributed by atoms with Gasteiger partial charge in [0, 0.05) is 56.5 Å². The molecule has 1 aliphatic heterocycles. The molecule has 11 rings (SSSR count). The predicted octanol–water partition coefficient (Wildman–Crippen LogP) is 12.5. The summed E-state index contributed by atoms with van der Waals surface area (Å²) in [6, 6.07) is 55.8. The maximum atomic E-state index is 5.03. The molecule has 2 atom stereocenters. The Kier molecular flexibility index (Phi) is 7.69. The molecule has 5 heteroatoms. The molecule has 2 aliphatic carbocycles. The average Bonchev–Trinajstić information content (AvgIpc) is 3.79. The number of allylic oxidation sites excluding steroid dienone is 8. The Morgan fingerprint density at radius 2 is 1.21 bits per heavy atom. The van der Waals surface area contributed by atoms with Crippen LogP contribution in [0.5, 0.6) is 0 Å². The van der Waals surface area contributed by atoms with Gasteiger partial charge in [0.2, 0.25) is 0 Å². The number of anilines is 2. The van der Waals surface area contributed by atoms with E-state index >= 15 is 0 Å². The molecular formula is C51H37N5. The van der Waals surface area contributed by atoms with E-state index in [2.05, 4.69) is 161 Å². The molecule has 0 fully saturated rings. The van der Waals surface area contributed by atoms with Crippen molar-refractivity contribution >= 4 is 44.5 Å². The van der Waals surface area contributed by atoms with E-state index in [1.54, 1.807) is 0 Å². The van der Waals surface area contributed by atoms with Gasteiger partial charge in [0.05, 0.1) is 11.0 Å². The third kappa shape index (κ3) is 5.43. The monoisotopic (exact) mass is 719 g/mol. The van der Waals surface area contributed by atoms with Gasteiger partial charge >= 0.3 is 0 Å². The minimum absolute atomic E-state index is 0.0288. The molecule has 0 N–H and O–H groups in total. The molecule has 0 radical (unpaired) electrons. The van der Waals surface area contributed by atoms with E-state index in [9.17, 15) is 0 Å². The van der Waals surface area contributed by atoms with Crippen LogP contribution >= 0.6 is 0 Å². The fourth-order valence-corrected chi connectivity index (χ4v) is 8.81. The van der Waals surface area contributed by atoms with Crippen molar-refractivity contribution in [2.45, 2.75) is 24.7 Å². The van der Waals surface area contributed by atoms with E-state index in [-0.39, 0.29) is 5.92 Å². The molecule has 0 amide bonds. The summed E-state index contributed by atoms with van der Waals surface area (Å²) in [6.45, 7) is 0. The highest BCUT2D eigenvalue weighted by atomic mass is 15.2. The van der Waals surface area contributed by atoms with E-state index < -0.39 is 0 Å². The lowest BCUT2D eigenvalue weighted by molar-refractivity contribution is 0.763. The van der Waals surface area contributed by atoms with Crippen LogP contribution in [-0.2, 0) is 0 Å². The lowest BCUT2D eigenvalue weighted by Gasteiger charge is -2.26. The molecule has 0 saturated heterocycles. The lowest BCUT2D eigenvalue weighted by atomic mass is 9.84. The average molecular weight is 720 g/mol. The zero-order valence-corrected chi connectivity index (χ0v) is 30.7. The first-order valence-corrected chi connectivity index (χ1v) is 19.4. The van der Waals surface area contributed by atoms with Gasteiger partial charge < -0.3 is 9.47 Å². The molecule has 3 heterocycles. The number of fused-ring (bicyclic) bond motifs is 6. The SMILES string of the molecule is C1=CC(c2nc(-c3ccccc3)nc(-c3ccccc3)n2)CC=C1n1c2ccccc2c2cc(C3=CC=C4C(C3)c3ccccc3N4c3ccccc3)ccc21. The molecule has 5 nitrogen and oxygen atoms in total. The van der Waals surface area contributed by atoms with Crippen LogP contribution in [0, 0.1) is 0 Å². The summed E-state index contributed by atoms with van der Waals surface area (Å²) in [5.74, 6) is 2.51. The highest BCUT2D eigenvalue weighted by Gasteiger charge is 2.36. The van der Waals surface area contributed by atoms with Gasteiger partial charge in [-0.25, -0.2) is 15.0 Å². The van der Waals surface area contributed by atoms with Gasteiger partial charge in [-0.15, -0.1) is 0 Å². The molecule has 2 unspecified atom stereocenters. The second-order valence-electron chi connectivity index (χ2n) is 14.8. The number of hydrogen-bond acceptors (Lipinski definition) is 4. The van der Waals surface area contributed by atoms with Gasteiger partial charge in [-0.1, -0.05) is 140 Å². The summed E-state index contributed by atoms with van der Waals surface area (Å²) in [5.41, 5.74) is 13.4. The lowest BCUT2D eigenvalue weighted by Crippen LogP contribution is -2.15. The van der Waals surface area contributed by atoms with Gasteiger partial charge in [-0.05, 0) is 78.1 Å². The zero-order chi connectivity index (χ0) is 37.0. The Morgan fingerprint density at radius 1 is 0.554 bits per heavy atom. The summed E-state index contributed by atoms with van der Waals surface area (Å²) in [7, 11) is 0. The Balaban J connectivity index is 0.939. The van der Waals surface area contributed by atoms with E-state index in [0.717, 1.165) is 35.5 Å². The predicted molar refractivity (Wildman–Crippen MR) is 229 cm³/mol. The third-order valence-electron chi connectivity index (χ3n) is 11.5. The van der Waals surface area contributed by atoms with Crippen molar-refractivity contribution in [2.24, 2.45) is 0 Å². The molecule has 56 heavy (non-hydrogen) atoms. The highest BCUT2D eigenvalue weighted by molar-refractivity contribution is 6.11. The van der Waals surface area contributed by atoms with Crippen molar-refractivity contribution < 1.29 is 0 Å². The van der Waals surface area contributed by atoms with Gasteiger partial charge in [-0.3, -0.25) is 0 Å². The second kappa shape index (κ2) is 13.3. The van der Waals surface area contributed by atoms with Crippen LogP contribution in [0.2, 0.25) is 0 Å². The number of rotatable bonds is 6. The van der Waals surface area contributed by atoms with Crippen molar-refractivity contribution in [3.8, 4) is 22.8 Å². The van der Waals surface area contributed by atoms with E-state index in [1.165, 1.54) is 55.6 Å². The van der Waals surface area contributed by atoms with Crippen LogP contribution in [0.4, 0.5) is 11.4 Å². The van der Waals surface area contributed by atoms with Crippen LogP contribution < -0.4 is 4.90 Å². The van der Waals surface area contributed by atoms with E-state index in [1.807, 2.05) is 36.4 Å². The number of para-hydroxylation sites is 3. The van der Waals surface area contributed by atoms with Crippen molar-refractivity contribution in [2.75, 3.05) is 4.90 Å². The molecular weight excluding hydrogens is 683 g/mol. The van der Waals surface area contributed by atoms with Gasteiger partial charge in [0.15, 0.2) is 11.6 Å². The van der Waals surface area contributed by atoms with Crippen molar-refractivity contribution in [3.63, 3.8) is 0 Å². The van der Waals surface area contributed by atoms with Crippen LogP contribution in [-0.4, -0.2) is 19.5 Å². The summed E-state index contributed by atoms with van der Waals surface area (Å²) < 4.78 is 2.41. The number of aromatic nitrogens is 4. The largest absolute Gasteiger partial charge is 0.313 e. The molecule has 2 aromatic heterocycles. The van der Waals surface area contributed by atoms with Crippen molar-refractivity contribution in [1.82, 2.24) is 19.5 Å². The standard InChI is InChI=1S/C51H37N5/c1-4-14-34(15-5-1)49-52-50(35-16-6-2-7-17-35)54-51(53-49)36-24-28-40(29-25-36)56-46-23-13-11-21-42(46)44-33-38(27-31-48(44)56)37-26-30-47-43(32-37)41-20-10-12-22-45(41)55(47)39-18-8-3-9-19-39/h1-24,26-31,33,36,43H,25,32H2. The fourth-order valence-electron chi connectivity index (χ4n) is 8.81. The topological polar surface area (TPSA) is 46.8 Å². The Morgan fingerprint density at radius 3 is 1.95 bits per heavy atom. The molecule has 8 aromatic rings. The normalized spacial score (nSPS) is 17.4. The number of nitrogens with zero attached hydrogens (tertiary/aromatic N) is 5. The van der Waals surface area contributed by atoms with Crippen LogP contribution in [0.15, 0.2) is 194 Å². The number of benzene rings is 6. The maximum Gasteiger partial charge on any atom is 0.163 e. The first-order chi connectivity index (χ1) is 27.8. The van der Waals surface area contributed by atoms with Crippen molar-refractivity contribution in [3.05, 3.63) is 211 Å². The summed E-state index contributed by atoms with van der Waals surface area (Å²) >= 11 is 0. The third-order valence-corrected chi connectivity index (χ3v) is 11.5. The second-order valence-corrected chi connectivity index (χ2v) is 14.8. The Hall–Kier alpha value is -7.11. The van der Waals surface area contributed by atoms with E-state index in [4.69, 9.17) is 15.0 Å². The first kappa shape index (κ1) is 32.3. The Bertz CT molecular complexity index is 2860. The van der Waals surface area contributed by atoms with Crippen LogP contribution in [0.25, 0.3) is 55.9 Å². The minimum atomic E-state index is 0.0288. The van der Waals surface area contributed by atoms with Gasteiger partial charge in [0.1, 0.15) is 5.82 Å². The maximum absolute atomic E-state index is 5.03. The summed E-state index contributed by atoms with van der Waals surface area (Å²) in [6.07, 6.45) is 13.3. The quantitative estimate of drug-likeness (QED) is 0.172. The number of hydrogen-bond donors (Lipinski definition) is 0. The van der Waals surface area contributed by atoms with Crippen LogP contribution in [0.3, 0.4) is 0 Å². The van der Waals surface area contributed by atoms with Crippen molar-refractivity contribution in [1.29, 1.82) is 0 Å². The minimum Gasteiger partial charge on any atom is -0.313 e. The van der Waals surface area contributed by atoms with Crippen LogP contribution in [0.1, 0.15) is 41.6 Å². The smallest absolute Gasteiger partial charge is 0.163 e. The molecule has 266 valence electrons. The fraction of sp³-hybridized carbons (Fsp3) is 0.0784. The first-order valence-electron chi connectivity index (χ1n) is 19.4. The summed E-state index contributed by atoms with van der Waals surface area (Å²) in [5, 5.41) is 2.52. The zero-order valence-electron chi connectivity index (χ0n) is 30.7. The van der Waals surface area contributed by atoms with E-state index in [0.29, 0.717) is 17.6 Å². The molecule has 0 spiro atoms. The molecule has 0 saturated carbocycles. The van der Waals surface area contributed by atoms with Gasteiger partial charge in [-0.2, -0.15) is 0 Å². The molecule has 0 bridgehead atoms. The highest BCUT2D eigenvalue weighted by Crippen LogP contribution is 2.52. The summed E-state index contributed by atoms with van der Waals surface area (Å²) in [4.78, 5) is 17.4. The van der Waals surface area contributed by atoms with Gasteiger partial charge in [0.25, 0.3) is 0 Å². The molecule has 3 aliphatic rings.